The van der Waals surface area contributed by atoms with Crippen molar-refractivity contribution in [2.75, 3.05) is 18.5 Å². The van der Waals surface area contributed by atoms with Crippen molar-refractivity contribution in [2.45, 2.75) is 53.1 Å². The van der Waals surface area contributed by atoms with Gasteiger partial charge >= 0.3 is 6.03 Å². The highest BCUT2D eigenvalue weighted by Gasteiger charge is 2.26. The van der Waals surface area contributed by atoms with Crippen LogP contribution in [-0.4, -0.2) is 30.4 Å². The van der Waals surface area contributed by atoms with Crippen LogP contribution in [0.5, 0.6) is 5.75 Å². The minimum Gasteiger partial charge on any atom is -0.491 e. The Kier molecular flexibility index (Phi) is 7.89. The Labute approximate surface area is 139 Å². The van der Waals surface area contributed by atoms with Crippen LogP contribution in [0.2, 0.25) is 0 Å². The van der Waals surface area contributed by atoms with Crippen molar-refractivity contribution in [3.05, 3.63) is 24.3 Å². The van der Waals surface area contributed by atoms with Crippen molar-refractivity contribution >= 4 is 11.7 Å². The number of carbonyl (C=O) groups is 1. The first kappa shape index (κ1) is 19.3. The van der Waals surface area contributed by atoms with E-state index in [2.05, 4.69) is 24.5 Å². The first-order valence-electron chi connectivity index (χ1n) is 8.37. The molecule has 1 rings (SSSR count). The van der Waals surface area contributed by atoms with Crippen LogP contribution in [0.25, 0.3) is 0 Å². The summed E-state index contributed by atoms with van der Waals surface area (Å²) in [4.78, 5) is 12.0. The van der Waals surface area contributed by atoms with E-state index in [9.17, 15) is 9.90 Å². The maximum absolute atomic E-state index is 12.0. The average molecular weight is 322 g/mol. The molecule has 0 aliphatic rings. The third-order valence-electron chi connectivity index (χ3n) is 4.25. The molecule has 0 aliphatic carbocycles. The molecule has 0 aromatic heterocycles. The van der Waals surface area contributed by atoms with Crippen molar-refractivity contribution in [1.82, 2.24) is 5.32 Å². The highest BCUT2D eigenvalue weighted by molar-refractivity contribution is 5.89. The molecule has 0 aliphatic heterocycles. The number of carbonyl (C=O) groups excluding carboxylic acids is 1. The van der Waals surface area contributed by atoms with Gasteiger partial charge in [-0.2, -0.15) is 0 Å². The van der Waals surface area contributed by atoms with Gasteiger partial charge in [-0.3, -0.25) is 0 Å². The molecule has 0 bridgehead atoms. The largest absolute Gasteiger partial charge is 0.491 e. The van der Waals surface area contributed by atoms with Gasteiger partial charge in [0, 0.05) is 18.8 Å². The lowest BCUT2D eigenvalue weighted by Gasteiger charge is -2.31. The normalized spacial score (nSPS) is 11.4. The summed E-state index contributed by atoms with van der Waals surface area (Å²) in [6.07, 6.45) is 2.67. The average Bonchev–Trinajstić information content (AvgIpc) is 2.53. The quantitative estimate of drug-likeness (QED) is 0.648. The first-order chi connectivity index (χ1) is 10.9. The number of ether oxygens (including phenoxy) is 1. The van der Waals surface area contributed by atoms with Crippen molar-refractivity contribution in [2.24, 2.45) is 5.41 Å². The number of aliphatic hydroxyl groups excluding tert-OH is 1. The molecule has 2 amide bonds. The molecule has 3 N–H and O–H groups in total. The summed E-state index contributed by atoms with van der Waals surface area (Å²) in [7, 11) is 0. The number of rotatable bonds is 9. The minimum absolute atomic E-state index is 0.0406. The molecular formula is C18H30N2O3. The van der Waals surface area contributed by atoms with E-state index in [1.807, 2.05) is 38.1 Å². The maximum atomic E-state index is 12.0. The van der Waals surface area contributed by atoms with Gasteiger partial charge in [0.05, 0.1) is 6.10 Å². The standard InChI is InChI=1S/C18H30N2O3/c1-5-18(6-2,11-12-21)13-19-17(22)20-15-7-9-16(10-8-15)23-14(3)4/h7-10,14,21H,5-6,11-13H2,1-4H3,(H2,19,20,22). The number of aliphatic hydroxyl groups is 1. The first-order valence-corrected chi connectivity index (χ1v) is 8.37. The second-order valence-electron chi connectivity index (χ2n) is 6.18. The molecule has 1 aromatic carbocycles. The summed E-state index contributed by atoms with van der Waals surface area (Å²) in [6, 6.07) is 7.08. The van der Waals surface area contributed by atoms with Gasteiger partial charge in [0.15, 0.2) is 0 Å². The summed E-state index contributed by atoms with van der Waals surface area (Å²) in [5.74, 6) is 0.782. The Morgan fingerprint density at radius 2 is 1.83 bits per heavy atom. The molecule has 1 aromatic rings. The Hall–Kier alpha value is -1.75. The Bertz CT molecular complexity index is 468. The SMILES string of the molecule is CCC(CC)(CCO)CNC(=O)Nc1ccc(OC(C)C)cc1. The van der Waals surface area contributed by atoms with E-state index >= 15 is 0 Å². The minimum atomic E-state index is -0.230. The monoisotopic (exact) mass is 322 g/mol. The molecule has 0 atom stereocenters. The van der Waals surface area contributed by atoms with Gasteiger partial charge < -0.3 is 20.5 Å². The number of nitrogens with one attached hydrogen (secondary N) is 2. The van der Waals surface area contributed by atoms with Gasteiger partial charge in [0.25, 0.3) is 0 Å². The summed E-state index contributed by atoms with van der Waals surface area (Å²) in [5.41, 5.74) is 0.681. The highest BCUT2D eigenvalue weighted by Crippen LogP contribution is 2.29. The Morgan fingerprint density at radius 3 is 2.30 bits per heavy atom. The lowest BCUT2D eigenvalue weighted by atomic mass is 9.79. The lowest BCUT2D eigenvalue weighted by Crippen LogP contribution is -2.39. The molecule has 0 saturated heterocycles. The van der Waals surface area contributed by atoms with Gasteiger partial charge in [-0.25, -0.2) is 4.79 Å². The van der Waals surface area contributed by atoms with Crippen molar-refractivity contribution in [3.8, 4) is 5.75 Å². The van der Waals surface area contributed by atoms with Crippen LogP contribution in [0.1, 0.15) is 47.0 Å². The lowest BCUT2D eigenvalue weighted by molar-refractivity contribution is 0.165. The van der Waals surface area contributed by atoms with Gasteiger partial charge in [-0.1, -0.05) is 13.8 Å². The summed E-state index contributed by atoms with van der Waals surface area (Å²) < 4.78 is 5.57. The number of anilines is 1. The number of hydrogen-bond acceptors (Lipinski definition) is 3. The molecule has 0 fully saturated rings. The number of amides is 2. The van der Waals surface area contributed by atoms with Crippen LogP contribution >= 0.6 is 0 Å². The molecular weight excluding hydrogens is 292 g/mol. The smallest absolute Gasteiger partial charge is 0.319 e. The summed E-state index contributed by atoms with van der Waals surface area (Å²) in [5, 5.41) is 14.9. The molecule has 0 spiro atoms. The Balaban J connectivity index is 2.52. The summed E-state index contributed by atoms with van der Waals surface area (Å²) >= 11 is 0. The van der Waals surface area contributed by atoms with Crippen LogP contribution < -0.4 is 15.4 Å². The zero-order valence-corrected chi connectivity index (χ0v) is 14.7. The van der Waals surface area contributed by atoms with Crippen LogP contribution in [0.15, 0.2) is 24.3 Å². The predicted octanol–water partition coefficient (Wildman–Crippen LogP) is 3.78. The Morgan fingerprint density at radius 1 is 1.22 bits per heavy atom. The second kappa shape index (κ2) is 9.40. The number of hydrogen-bond donors (Lipinski definition) is 3. The molecule has 23 heavy (non-hydrogen) atoms. The molecule has 5 heteroatoms. The van der Waals surface area contributed by atoms with Crippen LogP contribution in [-0.2, 0) is 0 Å². The van der Waals surface area contributed by atoms with Crippen molar-refractivity contribution < 1.29 is 14.6 Å². The third-order valence-corrected chi connectivity index (χ3v) is 4.25. The molecule has 0 unspecified atom stereocenters. The van der Waals surface area contributed by atoms with E-state index in [0.29, 0.717) is 13.0 Å². The topological polar surface area (TPSA) is 70.6 Å². The molecule has 0 saturated carbocycles. The van der Waals surface area contributed by atoms with E-state index in [1.165, 1.54) is 0 Å². The van der Waals surface area contributed by atoms with Gasteiger partial charge in [-0.15, -0.1) is 0 Å². The molecule has 5 nitrogen and oxygen atoms in total. The number of urea groups is 1. The van der Waals surface area contributed by atoms with Crippen LogP contribution in [0.4, 0.5) is 10.5 Å². The van der Waals surface area contributed by atoms with Crippen LogP contribution in [0.3, 0.4) is 0 Å². The fourth-order valence-electron chi connectivity index (χ4n) is 2.51. The van der Waals surface area contributed by atoms with E-state index in [-0.39, 0.29) is 24.2 Å². The fraction of sp³-hybridized carbons (Fsp3) is 0.611. The van der Waals surface area contributed by atoms with Crippen molar-refractivity contribution in [1.29, 1.82) is 0 Å². The summed E-state index contributed by atoms with van der Waals surface area (Å²) in [6.45, 7) is 8.82. The zero-order valence-electron chi connectivity index (χ0n) is 14.7. The van der Waals surface area contributed by atoms with Gasteiger partial charge in [0.2, 0.25) is 0 Å². The fourth-order valence-corrected chi connectivity index (χ4v) is 2.51. The third kappa shape index (κ3) is 6.48. The van der Waals surface area contributed by atoms with E-state index < -0.39 is 0 Å². The molecule has 130 valence electrons. The van der Waals surface area contributed by atoms with Gasteiger partial charge in [-0.05, 0) is 62.8 Å². The van der Waals surface area contributed by atoms with E-state index in [0.717, 1.165) is 24.3 Å². The second-order valence-corrected chi connectivity index (χ2v) is 6.18. The molecule has 0 radical (unpaired) electrons. The predicted molar refractivity (Wildman–Crippen MR) is 93.9 cm³/mol. The van der Waals surface area contributed by atoms with Crippen LogP contribution in [0, 0.1) is 5.41 Å². The zero-order chi connectivity index (χ0) is 17.3. The van der Waals surface area contributed by atoms with E-state index in [4.69, 9.17) is 4.74 Å². The van der Waals surface area contributed by atoms with Crippen molar-refractivity contribution in [3.63, 3.8) is 0 Å². The highest BCUT2D eigenvalue weighted by atomic mass is 16.5. The number of benzene rings is 1. The molecule has 0 heterocycles. The maximum Gasteiger partial charge on any atom is 0.319 e. The van der Waals surface area contributed by atoms with Gasteiger partial charge in [0.1, 0.15) is 5.75 Å². The van der Waals surface area contributed by atoms with E-state index in [1.54, 1.807) is 0 Å².